The van der Waals surface area contributed by atoms with Gasteiger partial charge in [-0.25, -0.2) is 9.48 Å². The van der Waals surface area contributed by atoms with Crippen molar-refractivity contribution in [1.29, 1.82) is 0 Å². The molecule has 4 aliphatic carbocycles. The Kier molecular flexibility index (Phi) is 6.51. The van der Waals surface area contributed by atoms with Gasteiger partial charge in [-0.15, -0.1) is 0 Å². The molecule has 3 aromatic rings. The molecule has 1 aromatic heterocycles. The molecule has 0 aliphatic heterocycles. The van der Waals surface area contributed by atoms with Gasteiger partial charge in [-0.1, -0.05) is 6.07 Å². The average Bonchev–Trinajstić information content (AvgIpc) is 3.38. The molecule has 0 unspecified atom stereocenters. The molecule has 7 rings (SSSR count). The molecule has 10 heteroatoms. The summed E-state index contributed by atoms with van der Waals surface area (Å²) in [4.78, 5) is 38.6. The van der Waals surface area contributed by atoms with E-state index in [0.717, 1.165) is 25.7 Å². The summed E-state index contributed by atoms with van der Waals surface area (Å²) in [5, 5.41) is 18.2. The lowest BCUT2D eigenvalue weighted by atomic mass is 9.48. The Morgan fingerprint density at radius 1 is 0.976 bits per heavy atom. The van der Waals surface area contributed by atoms with Gasteiger partial charge in [0.15, 0.2) is 5.69 Å². The van der Waals surface area contributed by atoms with Crippen LogP contribution in [0.15, 0.2) is 42.5 Å². The fraction of sp³-hybridized carbons (Fsp3) is 0.419. The quantitative estimate of drug-likeness (QED) is 0.379. The van der Waals surface area contributed by atoms with Gasteiger partial charge in [0, 0.05) is 5.56 Å². The van der Waals surface area contributed by atoms with Crippen LogP contribution >= 0.6 is 0 Å². The Labute approximate surface area is 237 Å². The fourth-order valence-corrected chi connectivity index (χ4v) is 7.79. The molecule has 2 aromatic carbocycles. The van der Waals surface area contributed by atoms with Crippen LogP contribution in [0, 0.1) is 30.6 Å². The van der Waals surface area contributed by atoms with Crippen molar-refractivity contribution in [2.24, 2.45) is 29.4 Å². The highest BCUT2D eigenvalue weighted by atomic mass is 16.5. The summed E-state index contributed by atoms with van der Waals surface area (Å²) in [7, 11) is 3.09. The summed E-state index contributed by atoms with van der Waals surface area (Å²) in [5.41, 5.74) is 6.99. The van der Waals surface area contributed by atoms with Gasteiger partial charge in [0.25, 0.3) is 5.91 Å². The van der Waals surface area contributed by atoms with Gasteiger partial charge < -0.3 is 25.6 Å². The summed E-state index contributed by atoms with van der Waals surface area (Å²) in [5.74, 6) is -0.169. The van der Waals surface area contributed by atoms with Gasteiger partial charge in [-0.05, 0) is 105 Å². The van der Waals surface area contributed by atoms with E-state index in [-0.39, 0.29) is 17.5 Å². The zero-order chi connectivity index (χ0) is 29.1. The molecule has 0 atom stereocenters. The van der Waals surface area contributed by atoms with E-state index in [0.29, 0.717) is 51.4 Å². The minimum absolute atomic E-state index is 0.0702. The van der Waals surface area contributed by atoms with Gasteiger partial charge in [0.1, 0.15) is 17.0 Å². The van der Waals surface area contributed by atoms with Crippen LogP contribution in [0.2, 0.25) is 0 Å². The Morgan fingerprint density at radius 2 is 1.59 bits per heavy atom. The lowest BCUT2D eigenvalue weighted by Crippen LogP contribution is -2.70. The first-order valence-electron chi connectivity index (χ1n) is 13.9. The SMILES string of the molecule is COc1cccc(OC)c1-c1cc(C(=O)NC2(C(=O)O)C3CC4CC(C3)CC2C4)nn1-c1ccc(C(N)=O)cc1C. The maximum Gasteiger partial charge on any atom is 0.330 e. The van der Waals surface area contributed by atoms with E-state index in [1.54, 1.807) is 61.4 Å². The molecule has 0 saturated heterocycles. The van der Waals surface area contributed by atoms with E-state index in [1.165, 1.54) is 6.42 Å². The molecular formula is C31H34N4O6. The number of aliphatic carboxylic acids is 1. The van der Waals surface area contributed by atoms with E-state index >= 15 is 0 Å². The largest absolute Gasteiger partial charge is 0.496 e. The molecule has 0 spiro atoms. The Hall–Kier alpha value is -4.34. The molecule has 41 heavy (non-hydrogen) atoms. The third kappa shape index (κ3) is 4.24. The molecule has 4 bridgehead atoms. The smallest absolute Gasteiger partial charge is 0.330 e. The number of rotatable bonds is 8. The number of carboxylic acids is 1. The van der Waals surface area contributed by atoms with Crippen molar-refractivity contribution in [2.75, 3.05) is 14.2 Å². The van der Waals surface area contributed by atoms with Crippen molar-refractivity contribution in [3.8, 4) is 28.4 Å². The molecule has 0 radical (unpaired) electrons. The van der Waals surface area contributed by atoms with E-state index in [1.807, 2.05) is 6.92 Å². The number of nitrogens with one attached hydrogen (secondary N) is 1. The number of hydrogen-bond donors (Lipinski definition) is 3. The Balaban J connectivity index is 1.47. The zero-order valence-corrected chi connectivity index (χ0v) is 23.3. The number of amides is 2. The topological polar surface area (TPSA) is 146 Å². The minimum atomic E-state index is -1.31. The average molecular weight is 559 g/mol. The van der Waals surface area contributed by atoms with Crippen LogP contribution in [0.25, 0.3) is 16.9 Å². The molecule has 10 nitrogen and oxygen atoms in total. The van der Waals surface area contributed by atoms with Crippen molar-refractivity contribution in [3.63, 3.8) is 0 Å². The number of carbonyl (C=O) groups excluding carboxylic acids is 2. The summed E-state index contributed by atoms with van der Waals surface area (Å²) >= 11 is 0. The number of methoxy groups -OCH3 is 2. The van der Waals surface area contributed by atoms with Crippen molar-refractivity contribution in [2.45, 2.75) is 44.6 Å². The van der Waals surface area contributed by atoms with Gasteiger partial charge in [0.05, 0.1) is 31.2 Å². The number of nitrogens with two attached hydrogens (primary N) is 1. The number of primary amides is 1. The van der Waals surface area contributed by atoms with Crippen molar-refractivity contribution < 1.29 is 29.0 Å². The first-order valence-corrected chi connectivity index (χ1v) is 13.9. The summed E-state index contributed by atoms with van der Waals surface area (Å²) in [6, 6.07) is 12.0. The van der Waals surface area contributed by atoms with E-state index in [4.69, 9.17) is 20.3 Å². The predicted molar refractivity (Wildman–Crippen MR) is 150 cm³/mol. The lowest BCUT2D eigenvalue weighted by Gasteiger charge is -2.59. The molecule has 1 heterocycles. The molecule has 4 aliphatic rings. The summed E-state index contributed by atoms with van der Waals surface area (Å²) in [6.45, 7) is 1.82. The first kappa shape index (κ1) is 26.9. The normalized spacial score (nSPS) is 26.0. The van der Waals surface area contributed by atoms with Crippen molar-refractivity contribution in [1.82, 2.24) is 15.1 Å². The Morgan fingerprint density at radius 3 is 2.10 bits per heavy atom. The van der Waals surface area contributed by atoms with Crippen LogP contribution in [0.1, 0.15) is 58.5 Å². The highest BCUT2D eigenvalue weighted by Crippen LogP contribution is 2.58. The van der Waals surface area contributed by atoms with E-state index < -0.39 is 23.3 Å². The van der Waals surface area contributed by atoms with Crippen LogP contribution in [0.3, 0.4) is 0 Å². The van der Waals surface area contributed by atoms with E-state index in [9.17, 15) is 19.5 Å². The molecule has 4 N–H and O–H groups in total. The fourth-order valence-electron chi connectivity index (χ4n) is 7.79. The molecule has 4 fully saturated rings. The number of ether oxygens (including phenoxy) is 2. The number of carboxylic acid groups (broad SMARTS) is 1. The second kappa shape index (κ2) is 9.94. The van der Waals surface area contributed by atoms with Gasteiger partial charge in [-0.2, -0.15) is 5.10 Å². The number of carbonyl (C=O) groups is 3. The lowest BCUT2D eigenvalue weighted by molar-refractivity contribution is -0.163. The molecule has 2 amide bonds. The predicted octanol–water partition coefficient (Wildman–Crippen LogP) is 3.97. The van der Waals surface area contributed by atoms with Gasteiger partial charge >= 0.3 is 5.97 Å². The second-order valence-corrected chi connectivity index (χ2v) is 11.7. The zero-order valence-electron chi connectivity index (χ0n) is 23.3. The van der Waals surface area contributed by atoms with Gasteiger partial charge in [-0.3, -0.25) is 9.59 Å². The Bertz CT molecular complexity index is 1510. The van der Waals surface area contributed by atoms with Gasteiger partial charge in [0.2, 0.25) is 5.91 Å². The second-order valence-electron chi connectivity index (χ2n) is 11.7. The maximum absolute atomic E-state index is 13.9. The van der Waals surface area contributed by atoms with Crippen LogP contribution in [-0.2, 0) is 4.79 Å². The number of aromatic nitrogens is 2. The number of aryl methyl sites for hydroxylation is 1. The van der Waals surface area contributed by atoms with Crippen LogP contribution in [-0.4, -0.2) is 52.4 Å². The first-order chi connectivity index (χ1) is 19.7. The highest BCUT2D eigenvalue weighted by Gasteiger charge is 2.62. The standard InChI is InChI=1S/C31H34N4O6/c1-16-9-19(28(32)36)7-8-23(16)35-24(27-25(40-2)5-4-6-26(27)41-3)15-22(34-35)29(37)33-31(30(38)39)20-11-17-10-18(13-20)14-21(31)12-17/h4-9,15,17-18,20-21H,10-14H2,1-3H3,(H2,32,36)(H,33,37)(H,38,39). The van der Waals surface area contributed by atoms with Crippen LogP contribution < -0.4 is 20.5 Å². The molecular weight excluding hydrogens is 524 g/mol. The molecule has 4 saturated carbocycles. The van der Waals surface area contributed by atoms with Crippen LogP contribution in [0.5, 0.6) is 11.5 Å². The van der Waals surface area contributed by atoms with Crippen LogP contribution in [0.4, 0.5) is 0 Å². The maximum atomic E-state index is 13.9. The third-order valence-corrected chi connectivity index (χ3v) is 9.44. The highest BCUT2D eigenvalue weighted by molar-refractivity contribution is 5.98. The molecule has 214 valence electrons. The number of nitrogens with zero attached hydrogens (tertiary/aromatic N) is 2. The summed E-state index contributed by atoms with van der Waals surface area (Å²) in [6.07, 6.45) is 4.46. The van der Waals surface area contributed by atoms with Crippen molar-refractivity contribution >= 4 is 17.8 Å². The van der Waals surface area contributed by atoms with Crippen molar-refractivity contribution in [3.05, 3.63) is 59.3 Å². The minimum Gasteiger partial charge on any atom is -0.496 e. The number of hydrogen-bond acceptors (Lipinski definition) is 6. The monoisotopic (exact) mass is 558 g/mol. The number of benzene rings is 2. The van der Waals surface area contributed by atoms with E-state index in [2.05, 4.69) is 5.32 Å². The third-order valence-electron chi connectivity index (χ3n) is 9.44. The summed E-state index contributed by atoms with van der Waals surface area (Å²) < 4.78 is 12.9.